The number of carbonyl (C=O) groups excluding carboxylic acids is 2. The number of nitrogens with zero attached hydrogens (tertiary/aromatic N) is 2. The van der Waals surface area contributed by atoms with Gasteiger partial charge in [0, 0.05) is 50.1 Å². The van der Waals surface area contributed by atoms with E-state index in [1.807, 2.05) is 18.5 Å². The number of nitrogens with one attached hydrogen (secondary N) is 1. The van der Waals surface area contributed by atoms with Gasteiger partial charge in [0.05, 0.1) is 25.9 Å². The van der Waals surface area contributed by atoms with E-state index in [4.69, 9.17) is 10.5 Å². The first-order chi connectivity index (χ1) is 27.6. The number of aromatic hydroxyl groups is 1. The molecule has 1 saturated heterocycles. The van der Waals surface area contributed by atoms with Gasteiger partial charge in [-0.05, 0) is 140 Å². The number of Topliss-reactive ketones (excluding diaryl/α,β-unsaturated/α-hetero) is 2. The highest BCUT2D eigenvalue weighted by Gasteiger charge is 2.45. The van der Waals surface area contributed by atoms with Crippen LogP contribution in [-0.4, -0.2) is 76.5 Å². The van der Waals surface area contributed by atoms with E-state index in [0.29, 0.717) is 93.1 Å². The molecule has 2 aliphatic heterocycles. The van der Waals surface area contributed by atoms with Crippen molar-refractivity contribution in [1.82, 2.24) is 10.3 Å². The number of ether oxygens (including phenoxy) is 1. The van der Waals surface area contributed by atoms with Gasteiger partial charge in [0.2, 0.25) is 0 Å². The molecule has 1 aromatic carbocycles. The molecule has 10 heteroatoms. The van der Waals surface area contributed by atoms with E-state index < -0.39 is 18.1 Å². The van der Waals surface area contributed by atoms with Crippen LogP contribution in [0.25, 0.3) is 0 Å². The average molecular weight is 779 g/mol. The third-order valence-electron chi connectivity index (χ3n) is 14.0. The summed E-state index contributed by atoms with van der Waals surface area (Å²) in [6, 6.07) is 5.72. The number of aliphatic hydroxyl groups excluding tert-OH is 2. The van der Waals surface area contributed by atoms with Gasteiger partial charge in [0.25, 0.3) is 0 Å². The largest absolute Gasteiger partial charge is 0.504 e. The molecule has 10 nitrogen and oxygen atoms in total. The molecule has 306 valence electrons. The van der Waals surface area contributed by atoms with Gasteiger partial charge in [0.15, 0.2) is 17.3 Å². The van der Waals surface area contributed by atoms with Gasteiger partial charge in [-0.3, -0.25) is 14.6 Å². The van der Waals surface area contributed by atoms with Gasteiger partial charge in [-0.25, -0.2) is 4.98 Å². The number of anilines is 1. The highest BCUT2D eigenvalue weighted by atomic mass is 16.5. The molecular weight excluding hydrogens is 717 g/mol. The Bertz CT molecular complexity index is 1890. The fourth-order valence-corrected chi connectivity index (χ4v) is 10.7. The smallest absolute Gasteiger partial charge is 0.160 e. The lowest BCUT2D eigenvalue weighted by molar-refractivity contribution is -0.124. The van der Waals surface area contributed by atoms with Crippen LogP contribution in [0.2, 0.25) is 0 Å². The summed E-state index contributed by atoms with van der Waals surface area (Å²) in [7, 11) is 1.51. The monoisotopic (exact) mass is 778 g/mol. The van der Waals surface area contributed by atoms with E-state index in [-0.39, 0.29) is 29.3 Å². The van der Waals surface area contributed by atoms with Crippen molar-refractivity contribution in [3.05, 3.63) is 58.3 Å². The van der Waals surface area contributed by atoms with Crippen LogP contribution in [0.15, 0.2) is 41.0 Å². The summed E-state index contributed by atoms with van der Waals surface area (Å²) in [5.41, 5.74) is 11.3. The molecule has 0 unspecified atom stereocenters. The van der Waals surface area contributed by atoms with Gasteiger partial charge in [-0.15, -0.1) is 0 Å². The molecule has 3 fully saturated rings. The van der Waals surface area contributed by atoms with Crippen LogP contribution >= 0.6 is 0 Å². The summed E-state index contributed by atoms with van der Waals surface area (Å²) in [6.07, 6.45) is 18.8. The number of aromatic nitrogens is 1. The number of phenols is 1. The number of aryl methyl sites for hydroxylation is 2. The van der Waals surface area contributed by atoms with Gasteiger partial charge >= 0.3 is 0 Å². The Balaban J connectivity index is 1.01. The number of fused-ring (bicyclic) bond motifs is 2. The van der Waals surface area contributed by atoms with Crippen molar-refractivity contribution >= 4 is 23.6 Å². The first-order valence-electron chi connectivity index (χ1n) is 21.6. The number of benzene rings is 1. The molecule has 57 heavy (non-hydrogen) atoms. The Kier molecular flexibility index (Phi) is 13.5. The van der Waals surface area contributed by atoms with Crippen LogP contribution in [0.5, 0.6) is 11.5 Å². The van der Waals surface area contributed by atoms with Crippen LogP contribution < -0.4 is 15.8 Å². The van der Waals surface area contributed by atoms with Crippen LogP contribution in [0.3, 0.4) is 0 Å². The van der Waals surface area contributed by atoms with Gasteiger partial charge in [0.1, 0.15) is 17.5 Å². The Morgan fingerprint density at radius 3 is 2.68 bits per heavy atom. The number of nitrogens with two attached hydrogens (primary N) is 1. The summed E-state index contributed by atoms with van der Waals surface area (Å²) in [4.78, 5) is 34.5. The Morgan fingerprint density at radius 1 is 1.05 bits per heavy atom. The predicted octanol–water partition coefficient (Wildman–Crippen LogP) is 6.36. The van der Waals surface area contributed by atoms with E-state index in [1.165, 1.54) is 39.2 Å². The van der Waals surface area contributed by atoms with E-state index >= 15 is 0 Å². The number of ketones is 2. The maximum atomic E-state index is 13.8. The summed E-state index contributed by atoms with van der Waals surface area (Å²) in [6.45, 7) is 1.66. The third kappa shape index (κ3) is 9.99. The normalized spacial score (nSPS) is 26.6. The second-order valence-corrected chi connectivity index (χ2v) is 17.6. The molecule has 2 saturated carbocycles. The molecule has 0 amide bonds. The van der Waals surface area contributed by atoms with Crippen LogP contribution in [0, 0.1) is 35.0 Å². The van der Waals surface area contributed by atoms with Gasteiger partial charge in [-0.2, -0.15) is 0 Å². The standard InChI is InChI=1S/C47H62N4O6/c1-57-45-23-33-10-15-43(55)39(42(54)5-4-19-47(17-2-3-18-47)36-22-34-8-13-38(53)25-41(34)50-29-36)14-9-31(40(33)26-44(45)56)6-11-37(52)12-7-32-24-46(48)51-28-35(32)21-30-16-20-49-27-30/h16,23-24,26-28,31,34,36-37,39,41-42,50,52,54,56H,2-8,10-13,15,17-22,25,29H2,1H3,(H2,48,51)/t31-,34-,36+,37+,39-,41-,42-/m1/s1. The summed E-state index contributed by atoms with van der Waals surface area (Å²) in [5, 5.41) is 37.6. The fraction of sp³-hybridized carbons (Fsp3) is 0.617. The lowest BCUT2D eigenvalue weighted by atomic mass is 9.63. The second-order valence-electron chi connectivity index (χ2n) is 17.6. The second kappa shape index (κ2) is 18.7. The molecule has 1 aromatic heterocycles. The number of pyridine rings is 1. The number of piperidine rings is 1. The fourth-order valence-electron chi connectivity index (χ4n) is 10.7. The molecule has 7 rings (SSSR count). The summed E-state index contributed by atoms with van der Waals surface area (Å²) >= 11 is 0. The number of aliphatic imine (C=N–C) groups is 1. The van der Waals surface area contributed by atoms with Crippen LogP contribution in [-0.2, 0) is 28.9 Å². The molecule has 3 heterocycles. The molecule has 3 aliphatic carbocycles. The van der Waals surface area contributed by atoms with Crippen LogP contribution in [0.1, 0.15) is 124 Å². The number of nitrogen functional groups attached to an aromatic ring is 1. The van der Waals surface area contributed by atoms with Crippen molar-refractivity contribution in [1.29, 1.82) is 0 Å². The van der Waals surface area contributed by atoms with Crippen molar-refractivity contribution in [2.24, 2.45) is 28.2 Å². The minimum atomic E-state index is -0.870. The summed E-state index contributed by atoms with van der Waals surface area (Å²) in [5.74, 6) is 7.76. The molecule has 2 aromatic rings. The molecule has 6 N–H and O–H groups in total. The molecular formula is C47H62N4O6. The highest BCUT2D eigenvalue weighted by Crippen LogP contribution is 2.52. The number of methoxy groups -OCH3 is 1. The average Bonchev–Trinajstić information content (AvgIpc) is 3.92. The minimum Gasteiger partial charge on any atom is -0.504 e. The Hall–Kier alpha value is -4.04. The zero-order chi connectivity index (χ0) is 39.9. The zero-order valence-electron chi connectivity index (χ0n) is 33.7. The lowest BCUT2D eigenvalue weighted by Crippen LogP contribution is -2.52. The minimum absolute atomic E-state index is 0.0116. The summed E-state index contributed by atoms with van der Waals surface area (Å²) < 4.78 is 5.44. The van der Waals surface area contributed by atoms with E-state index in [1.54, 1.807) is 12.1 Å². The van der Waals surface area contributed by atoms with Gasteiger partial charge < -0.3 is 31.1 Å². The first-order valence-corrected chi connectivity index (χ1v) is 21.6. The number of carbonyl (C=O) groups is 2. The topological polar surface area (TPSA) is 167 Å². The van der Waals surface area contributed by atoms with E-state index in [2.05, 4.69) is 33.2 Å². The number of hydrogen-bond acceptors (Lipinski definition) is 10. The van der Waals surface area contributed by atoms with Crippen molar-refractivity contribution in [2.45, 2.75) is 140 Å². The number of aliphatic hydroxyl groups is 2. The number of hydrogen-bond donors (Lipinski definition) is 5. The maximum Gasteiger partial charge on any atom is 0.160 e. The molecule has 0 radical (unpaired) electrons. The zero-order valence-corrected chi connectivity index (χ0v) is 33.7. The van der Waals surface area contributed by atoms with E-state index in [0.717, 1.165) is 60.1 Å². The van der Waals surface area contributed by atoms with Crippen molar-refractivity contribution < 1.29 is 29.6 Å². The van der Waals surface area contributed by atoms with Crippen molar-refractivity contribution in [3.8, 4) is 23.3 Å². The van der Waals surface area contributed by atoms with Crippen molar-refractivity contribution in [3.63, 3.8) is 0 Å². The lowest BCUT2D eigenvalue weighted by Gasteiger charge is -2.47. The predicted molar refractivity (Wildman–Crippen MR) is 222 cm³/mol. The SMILES string of the molecule is COc1cc2c(cc1O)[C@H](CC[C@H](O)CCc1cc(N)ncc1CC1=CCN=C1)C#C[C@H]([C@H](O)CCCC1([C@@H]3CN[C@@H]4CC(=O)CC[C@@H]4C3)CCCC1)C(=O)CC2. The van der Waals surface area contributed by atoms with E-state index in [9.17, 15) is 24.9 Å². The number of allylic oxidation sites excluding steroid dienone is 1. The molecule has 0 spiro atoms. The van der Waals surface area contributed by atoms with Crippen LogP contribution in [0.4, 0.5) is 5.82 Å². The molecule has 5 aliphatic rings. The Morgan fingerprint density at radius 2 is 1.89 bits per heavy atom. The number of phenolic OH excluding ortho intramolecular Hbond substituents is 1. The van der Waals surface area contributed by atoms with Gasteiger partial charge in [-0.1, -0.05) is 37.2 Å². The van der Waals surface area contributed by atoms with Crippen molar-refractivity contribution in [2.75, 3.05) is 25.9 Å². The first kappa shape index (κ1) is 41.1. The quantitative estimate of drug-likeness (QED) is 0.129. The maximum absolute atomic E-state index is 13.8. The number of rotatable bonds is 15. The molecule has 0 bridgehead atoms. The highest BCUT2D eigenvalue weighted by molar-refractivity contribution is 5.85. The molecule has 7 atom stereocenters. The Labute approximate surface area is 338 Å². The third-order valence-corrected chi connectivity index (χ3v) is 14.0.